The molecule has 7 nitrogen and oxygen atoms in total. The Labute approximate surface area is 151 Å². The van der Waals surface area contributed by atoms with Gasteiger partial charge < -0.3 is 10.4 Å². The number of carboxylic acids is 1. The van der Waals surface area contributed by atoms with E-state index < -0.39 is 23.7 Å². The summed E-state index contributed by atoms with van der Waals surface area (Å²) >= 11 is 0. The molecular weight excluding hydrogens is 339 g/mol. The Morgan fingerprint density at radius 1 is 1.27 bits per heavy atom. The maximum absolute atomic E-state index is 13.5. The summed E-state index contributed by atoms with van der Waals surface area (Å²) in [5.41, 5.74) is 0.442. The fourth-order valence-electron chi connectivity index (χ4n) is 2.51. The van der Waals surface area contributed by atoms with Crippen molar-refractivity contribution in [3.05, 3.63) is 41.7 Å². The highest BCUT2D eigenvalue weighted by Gasteiger charge is 2.25. The Hall–Kier alpha value is -2.77. The second-order valence-electron chi connectivity index (χ2n) is 6.83. The summed E-state index contributed by atoms with van der Waals surface area (Å²) in [4.78, 5) is 28.0. The van der Waals surface area contributed by atoms with Gasteiger partial charge >= 0.3 is 5.97 Å². The van der Waals surface area contributed by atoms with Crippen molar-refractivity contribution >= 4 is 11.9 Å². The van der Waals surface area contributed by atoms with Gasteiger partial charge in [-0.15, -0.1) is 5.10 Å². The fraction of sp³-hybridized carbons (Fsp3) is 0.444. The lowest BCUT2D eigenvalue weighted by Crippen LogP contribution is -2.42. The van der Waals surface area contributed by atoms with Crippen LogP contribution in [0.4, 0.5) is 4.39 Å². The van der Waals surface area contributed by atoms with Crippen LogP contribution in [0.25, 0.3) is 5.69 Å². The van der Waals surface area contributed by atoms with E-state index in [1.54, 1.807) is 12.1 Å². The first-order chi connectivity index (χ1) is 12.2. The van der Waals surface area contributed by atoms with Gasteiger partial charge in [0.2, 0.25) is 5.82 Å². The van der Waals surface area contributed by atoms with Gasteiger partial charge in [0.05, 0.1) is 5.69 Å². The summed E-state index contributed by atoms with van der Waals surface area (Å²) in [7, 11) is 0. The molecule has 0 unspecified atom stereocenters. The molecule has 0 saturated heterocycles. The minimum absolute atomic E-state index is 0.0711. The van der Waals surface area contributed by atoms with Crippen LogP contribution in [0.2, 0.25) is 0 Å². The van der Waals surface area contributed by atoms with Crippen LogP contribution in [0, 0.1) is 11.7 Å². The molecule has 0 saturated carbocycles. The molecule has 0 spiro atoms. The summed E-state index contributed by atoms with van der Waals surface area (Å²) in [6.07, 6.45) is 0.294. The monoisotopic (exact) mass is 362 g/mol. The van der Waals surface area contributed by atoms with Crippen LogP contribution in [-0.4, -0.2) is 37.8 Å². The van der Waals surface area contributed by atoms with E-state index >= 15 is 0 Å². The Balaban J connectivity index is 2.34. The van der Waals surface area contributed by atoms with Crippen LogP contribution in [0.5, 0.6) is 0 Å². The number of nitrogens with zero attached hydrogens (tertiary/aromatic N) is 3. The molecule has 0 bridgehead atoms. The average Bonchev–Trinajstić information content (AvgIpc) is 2.99. The lowest BCUT2D eigenvalue weighted by atomic mass is 10.0. The van der Waals surface area contributed by atoms with Crippen molar-refractivity contribution in [2.24, 2.45) is 5.92 Å². The normalized spacial score (nSPS) is 12.4. The fourth-order valence-corrected chi connectivity index (χ4v) is 2.51. The topological polar surface area (TPSA) is 97.1 Å². The number of carbonyl (C=O) groups is 2. The molecule has 2 N–H and O–H groups in total. The average molecular weight is 362 g/mol. The van der Waals surface area contributed by atoms with Gasteiger partial charge in [-0.1, -0.05) is 33.8 Å². The van der Waals surface area contributed by atoms with Crippen molar-refractivity contribution in [1.82, 2.24) is 20.1 Å². The number of rotatable bonds is 7. The van der Waals surface area contributed by atoms with Crippen molar-refractivity contribution in [1.29, 1.82) is 0 Å². The number of carbonyl (C=O) groups excluding carboxylic acids is 1. The number of aliphatic carboxylic acids is 1. The summed E-state index contributed by atoms with van der Waals surface area (Å²) in [5, 5.41) is 15.9. The van der Waals surface area contributed by atoms with Crippen LogP contribution >= 0.6 is 0 Å². The summed E-state index contributed by atoms with van der Waals surface area (Å²) in [6, 6.07) is 4.78. The number of hydrogen-bond donors (Lipinski definition) is 2. The highest BCUT2D eigenvalue weighted by Crippen LogP contribution is 2.18. The number of hydrogen-bond acceptors (Lipinski definition) is 4. The van der Waals surface area contributed by atoms with Crippen LogP contribution in [0.1, 0.15) is 56.5 Å². The van der Waals surface area contributed by atoms with Crippen molar-refractivity contribution in [3.63, 3.8) is 0 Å². The second-order valence-corrected chi connectivity index (χ2v) is 6.83. The molecule has 1 heterocycles. The summed E-state index contributed by atoms with van der Waals surface area (Å²) in [6.45, 7) is 7.49. The maximum Gasteiger partial charge on any atom is 0.326 e. The van der Waals surface area contributed by atoms with Crippen LogP contribution < -0.4 is 5.32 Å². The van der Waals surface area contributed by atoms with E-state index in [9.17, 15) is 19.1 Å². The predicted octanol–water partition coefficient (Wildman–Crippen LogP) is 2.76. The van der Waals surface area contributed by atoms with Gasteiger partial charge in [0, 0.05) is 5.92 Å². The van der Waals surface area contributed by atoms with Crippen molar-refractivity contribution in [3.8, 4) is 5.69 Å². The van der Waals surface area contributed by atoms with Crippen molar-refractivity contribution < 1.29 is 19.1 Å². The first-order valence-electron chi connectivity index (χ1n) is 8.45. The third-order valence-electron chi connectivity index (χ3n) is 3.71. The molecule has 1 amide bonds. The number of amides is 1. The van der Waals surface area contributed by atoms with Gasteiger partial charge in [0.15, 0.2) is 0 Å². The van der Waals surface area contributed by atoms with E-state index in [1.165, 1.54) is 16.8 Å². The molecule has 0 radical (unpaired) electrons. The molecule has 1 aromatic heterocycles. The van der Waals surface area contributed by atoms with E-state index in [2.05, 4.69) is 15.4 Å². The van der Waals surface area contributed by atoms with E-state index in [0.29, 0.717) is 17.9 Å². The highest BCUT2D eigenvalue weighted by molar-refractivity contribution is 5.93. The molecule has 2 aromatic rings. The Morgan fingerprint density at radius 2 is 1.96 bits per heavy atom. The van der Waals surface area contributed by atoms with Gasteiger partial charge in [0.25, 0.3) is 5.91 Å². The number of nitrogens with one attached hydrogen (secondary N) is 1. The molecule has 0 aliphatic rings. The Kier molecular flexibility index (Phi) is 6.07. The zero-order valence-corrected chi connectivity index (χ0v) is 15.2. The highest BCUT2D eigenvalue weighted by atomic mass is 19.1. The minimum Gasteiger partial charge on any atom is -0.480 e. The van der Waals surface area contributed by atoms with E-state index in [1.807, 2.05) is 27.7 Å². The molecule has 0 aliphatic carbocycles. The third-order valence-corrected chi connectivity index (χ3v) is 3.71. The van der Waals surface area contributed by atoms with E-state index in [4.69, 9.17) is 0 Å². The first-order valence-corrected chi connectivity index (χ1v) is 8.45. The second kappa shape index (κ2) is 8.07. The lowest BCUT2D eigenvalue weighted by Gasteiger charge is -2.15. The quantitative estimate of drug-likeness (QED) is 0.789. The van der Waals surface area contributed by atoms with Gasteiger partial charge in [-0.05, 0) is 30.5 Å². The zero-order chi connectivity index (χ0) is 19.4. The molecule has 0 fully saturated rings. The largest absolute Gasteiger partial charge is 0.480 e. The standard InChI is InChI=1S/C18H23FN4O3/c1-10(2)8-14(18(25)26)20-17(24)15-21-16(11(3)4)23(22-15)13-7-5-6-12(19)9-13/h5-7,9-11,14H,8H2,1-4H3,(H,20,24)(H,25,26)/t14-/m0/s1. The van der Waals surface area contributed by atoms with Crippen molar-refractivity contribution in [2.75, 3.05) is 0 Å². The summed E-state index contributed by atoms with van der Waals surface area (Å²) in [5.74, 6) is -1.85. The summed E-state index contributed by atoms with van der Waals surface area (Å²) < 4.78 is 14.9. The number of benzene rings is 1. The Morgan fingerprint density at radius 3 is 2.50 bits per heavy atom. The molecule has 8 heteroatoms. The zero-order valence-electron chi connectivity index (χ0n) is 15.2. The number of carboxylic acid groups (broad SMARTS) is 1. The van der Waals surface area contributed by atoms with Crippen molar-refractivity contribution in [2.45, 2.75) is 46.1 Å². The van der Waals surface area contributed by atoms with Crippen LogP contribution in [0.15, 0.2) is 24.3 Å². The lowest BCUT2D eigenvalue weighted by molar-refractivity contribution is -0.139. The van der Waals surface area contributed by atoms with Gasteiger partial charge in [-0.3, -0.25) is 4.79 Å². The molecule has 26 heavy (non-hydrogen) atoms. The predicted molar refractivity (Wildman–Crippen MR) is 93.8 cm³/mol. The molecule has 2 rings (SSSR count). The van der Waals surface area contributed by atoms with Gasteiger partial charge in [0.1, 0.15) is 17.7 Å². The smallest absolute Gasteiger partial charge is 0.326 e. The van der Waals surface area contributed by atoms with E-state index in [0.717, 1.165) is 0 Å². The SMILES string of the molecule is CC(C)C[C@H](NC(=O)c1nc(C(C)C)n(-c2cccc(F)c2)n1)C(=O)O. The molecule has 1 atom stereocenters. The third kappa shape index (κ3) is 4.65. The van der Waals surface area contributed by atoms with Crippen LogP contribution in [0.3, 0.4) is 0 Å². The first kappa shape index (κ1) is 19.6. The van der Waals surface area contributed by atoms with Gasteiger partial charge in [-0.25, -0.2) is 18.9 Å². The van der Waals surface area contributed by atoms with Crippen LogP contribution in [-0.2, 0) is 4.79 Å². The minimum atomic E-state index is -1.11. The Bertz CT molecular complexity index is 801. The number of aromatic nitrogens is 3. The van der Waals surface area contributed by atoms with Gasteiger partial charge in [-0.2, -0.15) is 0 Å². The number of halogens is 1. The maximum atomic E-state index is 13.5. The molecular formula is C18H23FN4O3. The molecule has 140 valence electrons. The van der Waals surface area contributed by atoms with E-state index in [-0.39, 0.29) is 17.7 Å². The molecule has 1 aromatic carbocycles. The molecule has 0 aliphatic heterocycles.